The van der Waals surface area contributed by atoms with E-state index in [9.17, 15) is 4.39 Å². The fraction of sp³-hybridized carbons (Fsp3) is 0.625. The van der Waals surface area contributed by atoms with Crippen molar-refractivity contribution in [1.82, 2.24) is 5.32 Å². The Morgan fingerprint density at radius 3 is 2.79 bits per heavy atom. The molecule has 106 valence electrons. The molecule has 3 heteroatoms. The molecule has 1 N–H and O–H groups in total. The van der Waals surface area contributed by atoms with Gasteiger partial charge >= 0.3 is 0 Å². The Morgan fingerprint density at radius 2 is 2.00 bits per heavy atom. The molecule has 0 radical (unpaired) electrons. The molecule has 2 rings (SSSR count). The monoisotopic (exact) mass is 265 g/mol. The van der Waals surface area contributed by atoms with Crippen LogP contribution in [0.1, 0.15) is 44.1 Å². The molecular weight excluding hydrogens is 241 g/mol. The van der Waals surface area contributed by atoms with Crippen molar-refractivity contribution in [2.45, 2.75) is 51.5 Å². The molecule has 0 saturated heterocycles. The highest BCUT2D eigenvalue weighted by molar-refractivity contribution is 5.32. The zero-order valence-electron chi connectivity index (χ0n) is 11.8. The lowest BCUT2D eigenvalue weighted by Gasteiger charge is -2.09. The maximum atomic E-state index is 13.0. The number of nitrogens with one attached hydrogen (secondary N) is 1. The number of hydrogen-bond donors (Lipinski definition) is 1. The van der Waals surface area contributed by atoms with Crippen molar-refractivity contribution in [3.63, 3.8) is 0 Å². The van der Waals surface area contributed by atoms with Gasteiger partial charge in [0.05, 0.1) is 6.61 Å². The minimum absolute atomic E-state index is 0.230. The summed E-state index contributed by atoms with van der Waals surface area (Å²) >= 11 is 0. The van der Waals surface area contributed by atoms with Gasteiger partial charge < -0.3 is 10.1 Å². The van der Waals surface area contributed by atoms with E-state index < -0.39 is 0 Å². The summed E-state index contributed by atoms with van der Waals surface area (Å²) in [7, 11) is 0. The highest BCUT2D eigenvalue weighted by Gasteiger charge is 2.19. The highest BCUT2D eigenvalue weighted by Crippen LogP contribution is 2.19. The van der Waals surface area contributed by atoms with E-state index in [4.69, 9.17) is 4.74 Å². The van der Waals surface area contributed by atoms with Crippen LogP contribution in [0.4, 0.5) is 4.39 Å². The molecule has 1 aliphatic carbocycles. The van der Waals surface area contributed by atoms with Crippen LogP contribution in [-0.2, 0) is 0 Å². The maximum absolute atomic E-state index is 13.0. The van der Waals surface area contributed by atoms with Gasteiger partial charge in [0.2, 0.25) is 0 Å². The van der Waals surface area contributed by atoms with Gasteiger partial charge in [-0.2, -0.15) is 0 Å². The fourth-order valence-electron chi connectivity index (χ4n) is 2.09. The van der Waals surface area contributed by atoms with Crippen molar-refractivity contribution in [2.75, 3.05) is 13.2 Å². The standard InChI is InChI=1S/C16H24FNO/c1-13-6-7-14(17)12-16(13)19-11-5-3-2-4-10-18-15-8-9-15/h6-7,12,15,18H,2-5,8-11H2,1H3. The van der Waals surface area contributed by atoms with Crippen LogP contribution in [-0.4, -0.2) is 19.2 Å². The highest BCUT2D eigenvalue weighted by atomic mass is 19.1. The van der Waals surface area contributed by atoms with E-state index in [0.717, 1.165) is 24.6 Å². The first kappa shape index (κ1) is 14.3. The van der Waals surface area contributed by atoms with Crippen LogP contribution >= 0.6 is 0 Å². The Kier molecular flexibility index (Phi) is 5.64. The van der Waals surface area contributed by atoms with Gasteiger partial charge in [0.1, 0.15) is 11.6 Å². The van der Waals surface area contributed by atoms with Crippen LogP contribution in [0.5, 0.6) is 5.75 Å². The van der Waals surface area contributed by atoms with Crippen LogP contribution in [0.2, 0.25) is 0 Å². The van der Waals surface area contributed by atoms with E-state index in [1.807, 2.05) is 6.92 Å². The molecule has 1 saturated carbocycles. The molecule has 0 unspecified atom stereocenters. The van der Waals surface area contributed by atoms with Crippen molar-refractivity contribution in [3.8, 4) is 5.75 Å². The molecular formula is C16H24FNO. The summed E-state index contributed by atoms with van der Waals surface area (Å²) in [5, 5.41) is 3.51. The van der Waals surface area contributed by atoms with E-state index in [-0.39, 0.29) is 5.82 Å². The SMILES string of the molecule is Cc1ccc(F)cc1OCCCCCCNC1CC1. The second-order valence-corrected chi connectivity index (χ2v) is 5.40. The number of unbranched alkanes of at least 4 members (excludes halogenated alkanes) is 3. The van der Waals surface area contributed by atoms with Crippen LogP contribution in [0.3, 0.4) is 0 Å². The molecule has 1 aromatic carbocycles. The summed E-state index contributed by atoms with van der Waals surface area (Å²) in [6.07, 6.45) is 7.43. The van der Waals surface area contributed by atoms with E-state index in [1.54, 1.807) is 6.07 Å². The molecule has 0 amide bonds. The maximum Gasteiger partial charge on any atom is 0.126 e. The lowest BCUT2D eigenvalue weighted by molar-refractivity contribution is 0.301. The number of aryl methyl sites for hydroxylation is 1. The summed E-state index contributed by atoms with van der Waals surface area (Å²) in [5.41, 5.74) is 0.995. The molecule has 0 atom stereocenters. The summed E-state index contributed by atoms with van der Waals surface area (Å²) in [5.74, 6) is 0.446. The van der Waals surface area contributed by atoms with Gasteiger partial charge in [-0.15, -0.1) is 0 Å². The largest absolute Gasteiger partial charge is 0.493 e. The van der Waals surface area contributed by atoms with E-state index >= 15 is 0 Å². The molecule has 0 aromatic heterocycles. The molecule has 0 spiro atoms. The number of hydrogen-bond acceptors (Lipinski definition) is 2. The third kappa shape index (κ3) is 5.60. The molecule has 0 heterocycles. The topological polar surface area (TPSA) is 21.3 Å². The van der Waals surface area contributed by atoms with Gasteiger partial charge in [0.15, 0.2) is 0 Å². The zero-order chi connectivity index (χ0) is 13.5. The van der Waals surface area contributed by atoms with Gasteiger partial charge in [-0.25, -0.2) is 4.39 Å². The average Bonchev–Trinajstić information content (AvgIpc) is 3.20. The van der Waals surface area contributed by atoms with Gasteiger partial charge in [-0.3, -0.25) is 0 Å². The Bertz CT molecular complexity index is 390. The zero-order valence-corrected chi connectivity index (χ0v) is 11.8. The number of benzene rings is 1. The molecule has 0 bridgehead atoms. The lowest BCUT2D eigenvalue weighted by atomic mass is 10.2. The second-order valence-electron chi connectivity index (χ2n) is 5.40. The predicted octanol–water partition coefficient (Wildman–Crippen LogP) is 3.83. The molecule has 0 aliphatic heterocycles. The quantitative estimate of drug-likeness (QED) is 0.685. The van der Waals surface area contributed by atoms with Gasteiger partial charge in [0.25, 0.3) is 0 Å². The van der Waals surface area contributed by atoms with Crippen molar-refractivity contribution >= 4 is 0 Å². The minimum Gasteiger partial charge on any atom is -0.493 e. The van der Waals surface area contributed by atoms with Crippen molar-refractivity contribution in [3.05, 3.63) is 29.6 Å². The summed E-state index contributed by atoms with van der Waals surface area (Å²) in [4.78, 5) is 0. The molecule has 2 nitrogen and oxygen atoms in total. The number of rotatable bonds is 9. The number of halogens is 1. The molecule has 1 aliphatic rings. The Morgan fingerprint density at radius 1 is 1.21 bits per heavy atom. The first-order chi connectivity index (χ1) is 9.25. The fourth-order valence-corrected chi connectivity index (χ4v) is 2.09. The summed E-state index contributed by atoms with van der Waals surface area (Å²) in [6, 6.07) is 5.51. The van der Waals surface area contributed by atoms with Gasteiger partial charge in [0, 0.05) is 12.1 Å². The van der Waals surface area contributed by atoms with Crippen molar-refractivity contribution < 1.29 is 9.13 Å². The average molecular weight is 265 g/mol. The Labute approximate surface area is 115 Å². The van der Waals surface area contributed by atoms with Crippen molar-refractivity contribution in [2.24, 2.45) is 0 Å². The summed E-state index contributed by atoms with van der Waals surface area (Å²) in [6.45, 7) is 3.77. The summed E-state index contributed by atoms with van der Waals surface area (Å²) < 4.78 is 18.7. The van der Waals surface area contributed by atoms with Crippen LogP contribution < -0.4 is 10.1 Å². The van der Waals surface area contributed by atoms with E-state index in [1.165, 1.54) is 44.2 Å². The first-order valence-corrected chi connectivity index (χ1v) is 7.38. The predicted molar refractivity (Wildman–Crippen MR) is 76.1 cm³/mol. The Balaban J connectivity index is 1.49. The first-order valence-electron chi connectivity index (χ1n) is 7.38. The van der Waals surface area contributed by atoms with Gasteiger partial charge in [-0.1, -0.05) is 18.9 Å². The Hall–Kier alpha value is -1.09. The molecule has 1 aromatic rings. The third-order valence-corrected chi connectivity index (χ3v) is 3.49. The van der Waals surface area contributed by atoms with E-state index in [2.05, 4.69) is 5.32 Å². The van der Waals surface area contributed by atoms with Crippen LogP contribution in [0, 0.1) is 12.7 Å². The molecule has 1 fully saturated rings. The van der Waals surface area contributed by atoms with Crippen molar-refractivity contribution in [1.29, 1.82) is 0 Å². The minimum atomic E-state index is -0.230. The molecule has 19 heavy (non-hydrogen) atoms. The smallest absolute Gasteiger partial charge is 0.126 e. The van der Waals surface area contributed by atoms with Gasteiger partial charge in [-0.05, 0) is 50.8 Å². The normalized spacial score (nSPS) is 14.6. The van der Waals surface area contributed by atoms with Crippen LogP contribution in [0.25, 0.3) is 0 Å². The van der Waals surface area contributed by atoms with E-state index in [0.29, 0.717) is 12.4 Å². The van der Waals surface area contributed by atoms with Crippen LogP contribution in [0.15, 0.2) is 18.2 Å². The third-order valence-electron chi connectivity index (χ3n) is 3.49. The number of ether oxygens (including phenoxy) is 1. The second kappa shape index (κ2) is 7.49. The lowest BCUT2D eigenvalue weighted by Crippen LogP contribution is -2.17.